The second kappa shape index (κ2) is 7.99. The number of hydrogen-bond donors (Lipinski definition) is 0. The SMILES string of the molecule is CCCC(C)CC(C(=O)OC)c1cn(C(=O)OC)c2ccccc12. The number of aromatic nitrogens is 1. The molecule has 2 unspecified atom stereocenters. The first-order valence-electron chi connectivity index (χ1n) is 8.29. The van der Waals surface area contributed by atoms with Crippen molar-refractivity contribution in [2.24, 2.45) is 5.92 Å². The van der Waals surface area contributed by atoms with E-state index >= 15 is 0 Å². The number of carbonyl (C=O) groups is 2. The van der Waals surface area contributed by atoms with Gasteiger partial charge in [0.05, 0.1) is 25.7 Å². The van der Waals surface area contributed by atoms with Crippen LogP contribution in [0.25, 0.3) is 10.9 Å². The van der Waals surface area contributed by atoms with Gasteiger partial charge in [0.15, 0.2) is 0 Å². The van der Waals surface area contributed by atoms with Gasteiger partial charge in [-0.25, -0.2) is 4.79 Å². The summed E-state index contributed by atoms with van der Waals surface area (Å²) in [5.74, 6) is -0.280. The Hall–Kier alpha value is -2.30. The summed E-state index contributed by atoms with van der Waals surface area (Å²) in [5.41, 5.74) is 1.54. The fourth-order valence-corrected chi connectivity index (χ4v) is 3.24. The van der Waals surface area contributed by atoms with E-state index in [1.54, 1.807) is 6.20 Å². The van der Waals surface area contributed by atoms with Crippen LogP contribution < -0.4 is 0 Å². The van der Waals surface area contributed by atoms with Crippen molar-refractivity contribution in [3.05, 3.63) is 36.0 Å². The van der Waals surface area contributed by atoms with Gasteiger partial charge in [0.25, 0.3) is 0 Å². The summed E-state index contributed by atoms with van der Waals surface area (Å²) in [7, 11) is 2.75. The Morgan fingerprint density at radius 1 is 1.17 bits per heavy atom. The Kier molecular flexibility index (Phi) is 6.01. The molecule has 1 aromatic heterocycles. The Bertz CT molecular complexity index is 719. The highest BCUT2D eigenvalue weighted by Crippen LogP contribution is 2.33. The molecular weight excluding hydrogens is 306 g/mol. The number of para-hydroxylation sites is 1. The summed E-state index contributed by atoms with van der Waals surface area (Å²) >= 11 is 0. The number of nitrogens with zero attached hydrogens (tertiary/aromatic N) is 1. The highest BCUT2D eigenvalue weighted by molar-refractivity contribution is 5.95. The molecule has 0 spiro atoms. The predicted molar refractivity (Wildman–Crippen MR) is 93.2 cm³/mol. The normalized spacial score (nSPS) is 13.5. The summed E-state index contributed by atoms with van der Waals surface area (Å²) in [5, 5.41) is 0.877. The molecule has 130 valence electrons. The molecule has 0 N–H and O–H groups in total. The van der Waals surface area contributed by atoms with Gasteiger partial charge in [-0.3, -0.25) is 9.36 Å². The van der Waals surface area contributed by atoms with Gasteiger partial charge < -0.3 is 9.47 Å². The van der Waals surface area contributed by atoms with Crippen LogP contribution in [0, 0.1) is 5.92 Å². The third kappa shape index (κ3) is 3.61. The average molecular weight is 331 g/mol. The van der Waals surface area contributed by atoms with Gasteiger partial charge in [0, 0.05) is 11.6 Å². The molecule has 0 fully saturated rings. The van der Waals surface area contributed by atoms with Crippen molar-refractivity contribution in [3.63, 3.8) is 0 Å². The lowest BCUT2D eigenvalue weighted by molar-refractivity contribution is -0.142. The molecule has 0 bridgehead atoms. The van der Waals surface area contributed by atoms with Crippen LogP contribution in [0.15, 0.2) is 30.5 Å². The molecule has 1 aromatic carbocycles. The van der Waals surface area contributed by atoms with Crippen LogP contribution in [-0.2, 0) is 14.3 Å². The highest BCUT2D eigenvalue weighted by Gasteiger charge is 2.28. The first kappa shape index (κ1) is 18.0. The fraction of sp³-hybridized carbons (Fsp3) is 0.474. The van der Waals surface area contributed by atoms with E-state index in [0.29, 0.717) is 12.3 Å². The summed E-state index contributed by atoms with van der Waals surface area (Å²) in [6.07, 6.45) is 4.04. The van der Waals surface area contributed by atoms with E-state index in [2.05, 4.69) is 13.8 Å². The molecule has 24 heavy (non-hydrogen) atoms. The van der Waals surface area contributed by atoms with Gasteiger partial charge in [-0.15, -0.1) is 0 Å². The minimum Gasteiger partial charge on any atom is -0.469 e. The predicted octanol–water partition coefficient (Wildman–Crippen LogP) is 4.34. The van der Waals surface area contributed by atoms with Crippen LogP contribution in [0.5, 0.6) is 0 Å². The number of hydrogen-bond acceptors (Lipinski definition) is 4. The van der Waals surface area contributed by atoms with Crippen LogP contribution in [0.2, 0.25) is 0 Å². The molecule has 2 aromatic rings. The molecule has 5 nitrogen and oxygen atoms in total. The maximum absolute atomic E-state index is 12.4. The second-order valence-corrected chi connectivity index (χ2v) is 6.15. The number of esters is 1. The number of ether oxygens (including phenoxy) is 2. The smallest absolute Gasteiger partial charge is 0.418 e. The van der Waals surface area contributed by atoms with Crippen LogP contribution in [0.3, 0.4) is 0 Å². The molecule has 0 saturated carbocycles. The van der Waals surface area contributed by atoms with Crippen molar-refractivity contribution in [3.8, 4) is 0 Å². The summed E-state index contributed by atoms with van der Waals surface area (Å²) in [4.78, 5) is 24.4. The molecule has 0 saturated heterocycles. The Balaban J connectivity index is 2.53. The lowest BCUT2D eigenvalue weighted by Crippen LogP contribution is -2.17. The van der Waals surface area contributed by atoms with Crippen molar-refractivity contribution < 1.29 is 19.1 Å². The largest absolute Gasteiger partial charge is 0.469 e. The third-order valence-corrected chi connectivity index (χ3v) is 4.39. The van der Waals surface area contributed by atoms with Gasteiger partial charge >= 0.3 is 12.1 Å². The molecule has 0 aliphatic rings. The number of carbonyl (C=O) groups excluding carboxylic acids is 2. The van der Waals surface area contributed by atoms with Crippen LogP contribution in [0.1, 0.15) is 44.6 Å². The van der Waals surface area contributed by atoms with E-state index in [-0.39, 0.29) is 5.97 Å². The molecule has 2 atom stereocenters. The second-order valence-electron chi connectivity index (χ2n) is 6.15. The number of methoxy groups -OCH3 is 2. The van der Waals surface area contributed by atoms with E-state index in [1.165, 1.54) is 18.8 Å². The standard InChI is InChI=1S/C19H25NO4/c1-5-8-13(2)11-15(18(21)23-3)16-12-20(19(22)24-4)17-10-7-6-9-14(16)17/h6-7,9-10,12-13,15H,5,8,11H2,1-4H3. The average Bonchev–Trinajstić information content (AvgIpc) is 2.98. The van der Waals surface area contributed by atoms with E-state index in [4.69, 9.17) is 9.47 Å². The van der Waals surface area contributed by atoms with Gasteiger partial charge in [-0.1, -0.05) is 44.9 Å². The first-order valence-corrected chi connectivity index (χ1v) is 8.29. The van der Waals surface area contributed by atoms with Crippen molar-refractivity contribution in [1.82, 2.24) is 4.57 Å². The lowest BCUT2D eigenvalue weighted by atomic mass is 9.87. The number of fused-ring (bicyclic) bond motifs is 1. The van der Waals surface area contributed by atoms with Crippen molar-refractivity contribution in [2.45, 2.75) is 39.0 Å². The fourth-order valence-electron chi connectivity index (χ4n) is 3.24. The molecule has 1 heterocycles. The van der Waals surface area contributed by atoms with Gasteiger partial charge in [0.2, 0.25) is 0 Å². The molecular formula is C19H25NO4. The zero-order valence-electron chi connectivity index (χ0n) is 14.7. The lowest BCUT2D eigenvalue weighted by Gasteiger charge is -2.18. The van der Waals surface area contributed by atoms with Gasteiger partial charge in [0.1, 0.15) is 0 Å². The molecule has 0 aliphatic heterocycles. The molecule has 2 rings (SSSR count). The Morgan fingerprint density at radius 3 is 2.50 bits per heavy atom. The van der Waals surface area contributed by atoms with Gasteiger partial charge in [-0.05, 0) is 24.0 Å². The maximum atomic E-state index is 12.4. The van der Waals surface area contributed by atoms with Gasteiger partial charge in [-0.2, -0.15) is 0 Å². The van der Waals surface area contributed by atoms with E-state index < -0.39 is 12.0 Å². The van der Waals surface area contributed by atoms with E-state index in [0.717, 1.165) is 29.3 Å². The minimum absolute atomic E-state index is 0.272. The molecule has 5 heteroatoms. The van der Waals surface area contributed by atoms with Crippen molar-refractivity contribution in [2.75, 3.05) is 14.2 Å². The maximum Gasteiger partial charge on any atom is 0.418 e. The van der Waals surface area contributed by atoms with Crippen molar-refractivity contribution >= 4 is 23.0 Å². The number of benzene rings is 1. The van der Waals surface area contributed by atoms with Crippen LogP contribution in [-0.4, -0.2) is 30.8 Å². The number of rotatable bonds is 6. The Labute approximate surface area is 142 Å². The minimum atomic E-state index is -0.470. The van der Waals surface area contributed by atoms with Crippen molar-refractivity contribution in [1.29, 1.82) is 0 Å². The monoisotopic (exact) mass is 331 g/mol. The zero-order chi connectivity index (χ0) is 17.7. The molecule has 0 aliphatic carbocycles. The third-order valence-electron chi connectivity index (χ3n) is 4.39. The molecule has 0 radical (unpaired) electrons. The van der Waals surface area contributed by atoms with Crippen LogP contribution >= 0.6 is 0 Å². The van der Waals surface area contributed by atoms with E-state index in [1.807, 2.05) is 24.3 Å². The zero-order valence-corrected chi connectivity index (χ0v) is 14.7. The summed E-state index contributed by atoms with van der Waals surface area (Å²) in [6.45, 7) is 4.27. The summed E-state index contributed by atoms with van der Waals surface area (Å²) in [6, 6.07) is 7.53. The van der Waals surface area contributed by atoms with Crippen LogP contribution in [0.4, 0.5) is 4.79 Å². The Morgan fingerprint density at radius 2 is 1.88 bits per heavy atom. The summed E-state index contributed by atoms with van der Waals surface area (Å²) < 4.78 is 11.3. The highest BCUT2D eigenvalue weighted by atomic mass is 16.5. The molecule has 0 amide bonds. The van der Waals surface area contributed by atoms with E-state index in [9.17, 15) is 9.59 Å². The topological polar surface area (TPSA) is 57.5 Å². The quantitative estimate of drug-likeness (QED) is 0.739. The first-order chi connectivity index (χ1) is 11.5.